The third-order valence-corrected chi connectivity index (χ3v) is 3.02. The van der Waals surface area contributed by atoms with Gasteiger partial charge in [0, 0.05) is 0 Å². The van der Waals surface area contributed by atoms with Gasteiger partial charge < -0.3 is 15.6 Å². The van der Waals surface area contributed by atoms with Crippen LogP contribution in [0.4, 0.5) is 0 Å². The molecule has 0 amide bonds. The maximum absolute atomic E-state index is 9.23. The molecule has 0 aromatic carbocycles. The number of rotatable bonds is 7. The minimum Gasteiger partial charge on any atom is -0.394 e. The summed E-state index contributed by atoms with van der Waals surface area (Å²) in [4.78, 5) is 0. The summed E-state index contributed by atoms with van der Waals surface area (Å²) in [7, 11) is 0. The van der Waals surface area contributed by atoms with Crippen molar-refractivity contribution < 1.29 is 9.84 Å². The molecular formula is C11H23NO2. The highest BCUT2D eigenvalue weighted by Crippen LogP contribution is 2.38. The fourth-order valence-electron chi connectivity index (χ4n) is 1.74. The van der Waals surface area contributed by atoms with E-state index in [0.717, 1.165) is 25.7 Å². The van der Waals surface area contributed by atoms with Crippen molar-refractivity contribution in [2.75, 3.05) is 13.2 Å². The minimum atomic E-state index is -0.484. The molecule has 0 aromatic heterocycles. The van der Waals surface area contributed by atoms with Crippen LogP contribution in [0.15, 0.2) is 0 Å². The molecule has 0 aliphatic heterocycles. The number of nitrogens with two attached hydrogens (primary N) is 1. The lowest BCUT2D eigenvalue weighted by Crippen LogP contribution is -2.50. The average Bonchev–Trinajstić information content (AvgIpc) is 2.98. The van der Waals surface area contributed by atoms with Gasteiger partial charge in [0.1, 0.15) is 0 Å². The van der Waals surface area contributed by atoms with Gasteiger partial charge in [-0.05, 0) is 32.1 Å². The zero-order chi connectivity index (χ0) is 10.6. The van der Waals surface area contributed by atoms with Crippen molar-refractivity contribution >= 4 is 0 Å². The molecule has 84 valence electrons. The van der Waals surface area contributed by atoms with Gasteiger partial charge in [-0.1, -0.05) is 13.3 Å². The zero-order valence-corrected chi connectivity index (χ0v) is 9.33. The van der Waals surface area contributed by atoms with Crippen LogP contribution >= 0.6 is 0 Å². The fraction of sp³-hybridized carbons (Fsp3) is 1.00. The molecule has 3 N–H and O–H groups in total. The Labute approximate surface area is 86.6 Å². The molecule has 0 saturated heterocycles. The van der Waals surface area contributed by atoms with E-state index in [-0.39, 0.29) is 12.7 Å². The van der Waals surface area contributed by atoms with Gasteiger partial charge in [0.25, 0.3) is 0 Å². The fourth-order valence-corrected chi connectivity index (χ4v) is 1.74. The molecule has 2 atom stereocenters. The number of hydrogen-bond acceptors (Lipinski definition) is 3. The molecule has 2 unspecified atom stereocenters. The normalized spacial score (nSPS) is 23.1. The van der Waals surface area contributed by atoms with Gasteiger partial charge in [-0.15, -0.1) is 0 Å². The van der Waals surface area contributed by atoms with E-state index >= 15 is 0 Å². The quantitative estimate of drug-likeness (QED) is 0.652. The monoisotopic (exact) mass is 201 g/mol. The summed E-state index contributed by atoms with van der Waals surface area (Å²) < 4.78 is 5.65. The van der Waals surface area contributed by atoms with Crippen LogP contribution in [0.1, 0.15) is 39.5 Å². The van der Waals surface area contributed by atoms with Crippen LogP contribution in [0.2, 0.25) is 0 Å². The van der Waals surface area contributed by atoms with Crippen molar-refractivity contribution in [1.29, 1.82) is 0 Å². The first-order chi connectivity index (χ1) is 6.62. The molecule has 1 aliphatic carbocycles. The van der Waals surface area contributed by atoms with Gasteiger partial charge in [0.15, 0.2) is 0 Å². The van der Waals surface area contributed by atoms with Crippen molar-refractivity contribution in [1.82, 2.24) is 0 Å². The van der Waals surface area contributed by atoms with Crippen molar-refractivity contribution in [2.24, 2.45) is 11.7 Å². The maximum atomic E-state index is 9.23. The predicted molar refractivity (Wildman–Crippen MR) is 57.1 cm³/mol. The summed E-state index contributed by atoms with van der Waals surface area (Å²) in [5, 5.41) is 9.23. The van der Waals surface area contributed by atoms with Crippen LogP contribution in [-0.4, -0.2) is 30.0 Å². The van der Waals surface area contributed by atoms with Crippen molar-refractivity contribution in [3.63, 3.8) is 0 Å². The second-order valence-corrected chi connectivity index (χ2v) is 4.58. The van der Waals surface area contributed by atoms with Crippen LogP contribution in [-0.2, 0) is 4.74 Å². The third kappa shape index (κ3) is 3.23. The van der Waals surface area contributed by atoms with Gasteiger partial charge in [0.05, 0.1) is 24.9 Å². The van der Waals surface area contributed by atoms with E-state index < -0.39 is 5.54 Å². The Bertz CT molecular complexity index is 171. The van der Waals surface area contributed by atoms with Gasteiger partial charge in [0.2, 0.25) is 0 Å². The minimum absolute atomic E-state index is 0.0382. The van der Waals surface area contributed by atoms with E-state index in [0.29, 0.717) is 12.5 Å². The topological polar surface area (TPSA) is 55.5 Å². The van der Waals surface area contributed by atoms with Crippen molar-refractivity contribution in [3.8, 4) is 0 Å². The van der Waals surface area contributed by atoms with Gasteiger partial charge >= 0.3 is 0 Å². The summed E-state index contributed by atoms with van der Waals surface area (Å²) in [6.45, 7) is 4.74. The highest BCUT2D eigenvalue weighted by atomic mass is 16.5. The standard InChI is InChI=1S/C11H23NO2/c1-3-4-9(2)14-8-11(12,7-13)10-5-6-10/h9-10,13H,3-8,12H2,1-2H3. The molecule has 3 nitrogen and oxygen atoms in total. The van der Waals surface area contributed by atoms with E-state index in [1.54, 1.807) is 0 Å². The molecule has 1 aliphatic rings. The first-order valence-corrected chi connectivity index (χ1v) is 5.63. The molecule has 0 heterocycles. The average molecular weight is 201 g/mol. The molecule has 0 radical (unpaired) electrons. The van der Waals surface area contributed by atoms with E-state index in [9.17, 15) is 5.11 Å². The molecule has 0 spiro atoms. The number of aliphatic hydroxyl groups excluding tert-OH is 1. The first kappa shape index (κ1) is 12.0. The zero-order valence-electron chi connectivity index (χ0n) is 9.33. The van der Waals surface area contributed by atoms with Gasteiger partial charge in [-0.25, -0.2) is 0 Å². The summed E-state index contributed by atoms with van der Waals surface area (Å²) in [5.74, 6) is 0.473. The first-order valence-electron chi connectivity index (χ1n) is 5.63. The highest BCUT2D eigenvalue weighted by molar-refractivity contribution is 4.98. The summed E-state index contributed by atoms with van der Waals surface area (Å²) in [6, 6.07) is 0. The Balaban J connectivity index is 2.26. The molecule has 1 fully saturated rings. The van der Waals surface area contributed by atoms with E-state index in [4.69, 9.17) is 10.5 Å². The Morgan fingerprint density at radius 1 is 1.57 bits per heavy atom. The molecule has 1 saturated carbocycles. The van der Waals surface area contributed by atoms with Crippen LogP contribution < -0.4 is 5.73 Å². The summed E-state index contributed by atoms with van der Waals surface area (Å²) >= 11 is 0. The molecule has 14 heavy (non-hydrogen) atoms. The SMILES string of the molecule is CCCC(C)OCC(N)(CO)C1CC1. The Hall–Kier alpha value is -0.120. The molecule has 1 rings (SSSR count). The van der Waals surface area contributed by atoms with Crippen molar-refractivity contribution in [3.05, 3.63) is 0 Å². The lowest BCUT2D eigenvalue weighted by Gasteiger charge is -2.28. The smallest absolute Gasteiger partial charge is 0.0675 e. The Morgan fingerprint density at radius 3 is 2.64 bits per heavy atom. The molecule has 3 heteroatoms. The number of aliphatic hydroxyl groups is 1. The van der Waals surface area contributed by atoms with Crippen molar-refractivity contribution in [2.45, 2.75) is 51.2 Å². The summed E-state index contributed by atoms with van der Waals surface area (Å²) in [6.07, 6.45) is 4.73. The van der Waals surface area contributed by atoms with Crippen LogP contribution in [0, 0.1) is 5.92 Å². The predicted octanol–water partition coefficient (Wildman–Crippen LogP) is 1.29. The molecule has 0 aromatic rings. The Morgan fingerprint density at radius 2 is 2.21 bits per heavy atom. The maximum Gasteiger partial charge on any atom is 0.0675 e. The van der Waals surface area contributed by atoms with E-state index in [1.807, 2.05) is 0 Å². The Kier molecular flexibility index (Phi) is 4.35. The number of ether oxygens (including phenoxy) is 1. The lowest BCUT2D eigenvalue weighted by molar-refractivity contribution is 0.000672. The van der Waals surface area contributed by atoms with E-state index in [1.165, 1.54) is 0 Å². The van der Waals surface area contributed by atoms with Crippen LogP contribution in [0.25, 0.3) is 0 Å². The van der Waals surface area contributed by atoms with Crippen LogP contribution in [0.5, 0.6) is 0 Å². The summed E-state index contributed by atoms with van der Waals surface area (Å²) in [5.41, 5.74) is 5.59. The largest absolute Gasteiger partial charge is 0.394 e. The van der Waals surface area contributed by atoms with Crippen LogP contribution in [0.3, 0.4) is 0 Å². The molecular weight excluding hydrogens is 178 g/mol. The van der Waals surface area contributed by atoms with Gasteiger partial charge in [-0.2, -0.15) is 0 Å². The van der Waals surface area contributed by atoms with E-state index in [2.05, 4.69) is 13.8 Å². The number of hydrogen-bond donors (Lipinski definition) is 2. The lowest BCUT2D eigenvalue weighted by atomic mass is 9.97. The van der Waals surface area contributed by atoms with Gasteiger partial charge in [-0.3, -0.25) is 0 Å². The second-order valence-electron chi connectivity index (χ2n) is 4.58. The second kappa shape index (κ2) is 5.10. The highest BCUT2D eigenvalue weighted by Gasteiger charge is 2.42. The third-order valence-electron chi connectivity index (χ3n) is 3.02. The molecule has 0 bridgehead atoms.